The van der Waals surface area contributed by atoms with E-state index < -0.39 is 0 Å². The molecule has 2 heterocycles. The predicted octanol–water partition coefficient (Wildman–Crippen LogP) is 3.17. The quantitative estimate of drug-likeness (QED) is 0.829. The number of hydrogen-bond donors (Lipinski definition) is 2. The third kappa shape index (κ3) is 1.99. The Morgan fingerprint density at radius 1 is 1.37 bits per heavy atom. The summed E-state index contributed by atoms with van der Waals surface area (Å²) in [5, 5.41) is 3.33. The second kappa shape index (κ2) is 4.80. The molecule has 1 aliphatic heterocycles. The van der Waals surface area contributed by atoms with Crippen molar-refractivity contribution in [2.45, 2.75) is 19.9 Å². The van der Waals surface area contributed by atoms with Crippen LogP contribution in [-0.2, 0) is 11.3 Å². The number of rotatable bonds is 3. The molecule has 1 aromatic heterocycles. The van der Waals surface area contributed by atoms with Gasteiger partial charge in [-0.25, -0.2) is 4.79 Å². The van der Waals surface area contributed by atoms with E-state index in [4.69, 9.17) is 4.74 Å². The van der Waals surface area contributed by atoms with Crippen molar-refractivity contribution < 1.29 is 9.53 Å². The first kappa shape index (κ1) is 11.8. The summed E-state index contributed by atoms with van der Waals surface area (Å²) >= 11 is 0. The molecule has 2 N–H and O–H groups in total. The summed E-state index contributed by atoms with van der Waals surface area (Å²) in [4.78, 5) is 15.2. The van der Waals surface area contributed by atoms with E-state index in [2.05, 4.69) is 10.3 Å². The van der Waals surface area contributed by atoms with E-state index in [1.165, 1.54) is 0 Å². The van der Waals surface area contributed by atoms with Crippen molar-refractivity contribution in [2.24, 2.45) is 0 Å². The summed E-state index contributed by atoms with van der Waals surface area (Å²) < 4.78 is 5.24. The zero-order valence-electron chi connectivity index (χ0n) is 10.8. The molecular weight excluding hydrogens is 240 g/mol. The lowest BCUT2D eigenvalue weighted by Gasteiger charge is -2.19. The van der Waals surface area contributed by atoms with Gasteiger partial charge in [0.25, 0.3) is 0 Å². The average Bonchev–Trinajstić information content (AvgIpc) is 2.89. The number of carbonyl (C=O) groups excluding carboxylic acids is 1. The van der Waals surface area contributed by atoms with Crippen LogP contribution < -0.4 is 5.32 Å². The van der Waals surface area contributed by atoms with Gasteiger partial charge in [0.05, 0.1) is 18.7 Å². The van der Waals surface area contributed by atoms with Gasteiger partial charge in [-0.05, 0) is 12.5 Å². The molecule has 0 amide bonds. The maximum absolute atomic E-state index is 12.1. The topological polar surface area (TPSA) is 54.1 Å². The Balaban J connectivity index is 2.03. The molecule has 0 atom stereocenters. The van der Waals surface area contributed by atoms with Gasteiger partial charge in [0.2, 0.25) is 0 Å². The summed E-state index contributed by atoms with van der Waals surface area (Å²) in [6.45, 7) is 3.14. The summed E-state index contributed by atoms with van der Waals surface area (Å²) in [6.07, 6.45) is 2.57. The largest absolute Gasteiger partial charge is 0.462 e. The van der Waals surface area contributed by atoms with Crippen molar-refractivity contribution in [2.75, 3.05) is 11.9 Å². The number of benzene rings is 1. The standard InChI is InChI=1S/C15H16N2O2/c1-2-7-19-15(18)11-8-16-13-9-17-12-6-4-3-5-10(12)14(11)13/h3-6,8,16-17H,2,7,9H2,1H3. The van der Waals surface area contributed by atoms with Gasteiger partial charge >= 0.3 is 5.97 Å². The lowest BCUT2D eigenvalue weighted by molar-refractivity contribution is 0.0506. The first-order chi connectivity index (χ1) is 9.31. The van der Waals surface area contributed by atoms with Crippen LogP contribution in [0.15, 0.2) is 30.5 Å². The number of aromatic nitrogens is 1. The van der Waals surface area contributed by atoms with E-state index in [0.717, 1.165) is 28.9 Å². The van der Waals surface area contributed by atoms with Crippen molar-refractivity contribution in [1.29, 1.82) is 0 Å². The number of fused-ring (bicyclic) bond motifs is 3. The van der Waals surface area contributed by atoms with Gasteiger partial charge in [-0.2, -0.15) is 0 Å². The van der Waals surface area contributed by atoms with Gasteiger partial charge < -0.3 is 15.0 Å². The zero-order chi connectivity index (χ0) is 13.2. The minimum absolute atomic E-state index is 0.254. The number of hydrogen-bond acceptors (Lipinski definition) is 3. The van der Waals surface area contributed by atoms with Crippen LogP contribution in [0.4, 0.5) is 5.69 Å². The molecule has 1 aliphatic rings. The fraction of sp³-hybridized carbons (Fsp3) is 0.267. The molecule has 0 saturated carbocycles. The molecule has 0 spiro atoms. The molecule has 1 aromatic carbocycles. The highest BCUT2D eigenvalue weighted by molar-refractivity contribution is 6.01. The molecule has 0 fully saturated rings. The second-order valence-electron chi connectivity index (χ2n) is 4.59. The van der Waals surface area contributed by atoms with Gasteiger partial charge in [-0.3, -0.25) is 0 Å². The van der Waals surface area contributed by atoms with E-state index in [1.54, 1.807) is 6.20 Å². The number of anilines is 1. The first-order valence-corrected chi connectivity index (χ1v) is 6.52. The van der Waals surface area contributed by atoms with Crippen LogP contribution in [0.2, 0.25) is 0 Å². The van der Waals surface area contributed by atoms with Gasteiger partial charge in [0, 0.05) is 28.7 Å². The Bertz CT molecular complexity index is 616. The molecule has 0 bridgehead atoms. The average molecular weight is 256 g/mol. The van der Waals surface area contributed by atoms with E-state index in [1.807, 2.05) is 31.2 Å². The van der Waals surface area contributed by atoms with Gasteiger partial charge in [-0.1, -0.05) is 25.1 Å². The van der Waals surface area contributed by atoms with Gasteiger partial charge in [0.15, 0.2) is 0 Å². The van der Waals surface area contributed by atoms with Gasteiger partial charge in [0.1, 0.15) is 0 Å². The normalized spacial score (nSPS) is 12.3. The number of H-pyrrole nitrogens is 1. The number of ether oxygens (including phenoxy) is 1. The Morgan fingerprint density at radius 3 is 3.05 bits per heavy atom. The zero-order valence-corrected chi connectivity index (χ0v) is 10.8. The molecule has 0 radical (unpaired) electrons. The Hall–Kier alpha value is -2.23. The first-order valence-electron chi connectivity index (χ1n) is 6.52. The molecule has 0 aliphatic carbocycles. The maximum atomic E-state index is 12.1. The fourth-order valence-electron chi connectivity index (χ4n) is 2.39. The van der Waals surface area contributed by atoms with Crippen molar-refractivity contribution in [3.8, 4) is 11.1 Å². The lowest BCUT2D eigenvalue weighted by Crippen LogP contribution is -2.11. The van der Waals surface area contributed by atoms with Crippen molar-refractivity contribution in [3.05, 3.63) is 41.7 Å². The van der Waals surface area contributed by atoms with E-state index in [9.17, 15) is 4.79 Å². The minimum atomic E-state index is -0.254. The van der Waals surface area contributed by atoms with Crippen LogP contribution in [0.1, 0.15) is 29.4 Å². The lowest BCUT2D eigenvalue weighted by atomic mass is 9.97. The molecule has 19 heavy (non-hydrogen) atoms. The van der Waals surface area contributed by atoms with Crippen LogP contribution in [-0.4, -0.2) is 17.6 Å². The summed E-state index contributed by atoms with van der Waals surface area (Å²) in [5.41, 5.74) is 4.72. The molecule has 0 unspecified atom stereocenters. The molecule has 0 saturated heterocycles. The minimum Gasteiger partial charge on any atom is -0.462 e. The number of carbonyl (C=O) groups is 1. The Morgan fingerprint density at radius 2 is 2.21 bits per heavy atom. The smallest absolute Gasteiger partial charge is 0.340 e. The molecule has 3 rings (SSSR count). The van der Waals surface area contributed by atoms with Gasteiger partial charge in [-0.15, -0.1) is 0 Å². The van der Waals surface area contributed by atoms with Crippen LogP contribution >= 0.6 is 0 Å². The number of aromatic amines is 1. The SMILES string of the molecule is CCCOC(=O)c1c[nH]c2c1-c1ccccc1NC2. The van der Waals surface area contributed by atoms with Crippen molar-refractivity contribution in [3.63, 3.8) is 0 Å². The van der Waals surface area contributed by atoms with Crippen molar-refractivity contribution in [1.82, 2.24) is 4.98 Å². The Labute approximate surface area is 111 Å². The highest BCUT2D eigenvalue weighted by Gasteiger charge is 2.24. The molecule has 2 aromatic rings. The fourth-order valence-corrected chi connectivity index (χ4v) is 2.39. The molecule has 4 nitrogen and oxygen atoms in total. The number of esters is 1. The van der Waals surface area contributed by atoms with Crippen molar-refractivity contribution >= 4 is 11.7 Å². The highest BCUT2D eigenvalue weighted by atomic mass is 16.5. The maximum Gasteiger partial charge on any atom is 0.340 e. The third-order valence-electron chi connectivity index (χ3n) is 3.27. The number of nitrogens with one attached hydrogen (secondary N) is 2. The van der Waals surface area contributed by atoms with E-state index in [-0.39, 0.29) is 5.97 Å². The summed E-state index contributed by atoms with van der Waals surface area (Å²) in [6, 6.07) is 8.00. The molecule has 4 heteroatoms. The molecular formula is C15H16N2O2. The Kier molecular flexibility index (Phi) is 2.99. The van der Waals surface area contributed by atoms with E-state index >= 15 is 0 Å². The van der Waals surface area contributed by atoms with Crippen LogP contribution in [0, 0.1) is 0 Å². The summed E-state index contributed by atoms with van der Waals surface area (Å²) in [5.74, 6) is -0.254. The van der Waals surface area contributed by atoms with E-state index in [0.29, 0.717) is 18.7 Å². The second-order valence-corrected chi connectivity index (χ2v) is 4.59. The highest BCUT2D eigenvalue weighted by Crippen LogP contribution is 2.37. The number of para-hydroxylation sites is 1. The molecule has 98 valence electrons. The van der Waals surface area contributed by atoms with Crippen LogP contribution in [0.25, 0.3) is 11.1 Å². The van der Waals surface area contributed by atoms with Crippen LogP contribution in [0.5, 0.6) is 0 Å². The predicted molar refractivity (Wildman–Crippen MR) is 74.1 cm³/mol. The third-order valence-corrected chi connectivity index (χ3v) is 3.27. The summed E-state index contributed by atoms with van der Waals surface area (Å²) in [7, 11) is 0. The van der Waals surface area contributed by atoms with Crippen LogP contribution in [0.3, 0.4) is 0 Å². The monoisotopic (exact) mass is 256 g/mol.